The molecule has 46 heavy (non-hydrogen) atoms. The molecule has 2 saturated heterocycles. The highest BCUT2D eigenvalue weighted by Gasteiger charge is 2.45. The van der Waals surface area contributed by atoms with Crippen LogP contribution in [0.2, 0.25) is 0 Å². The smallest absolute Gasteiger partial charge is 0.327 e. The van der Waals surface area contributed by atoms with Crippen molar-refractivity contribution in [2.75, 3.05) is 39.5 Å². The lowest BCUT2D eigenvalue weighted by Crippen LogP contribution is -2.47. The van der Waals surface area contributed by atoms with Gasteiger partial charge in [-0.3, -0.25) is 9.78 Å². The standard InChI is InChI=1S/C32H41N3O9S2/c1-4-42-30(37)31(2,3)45(38,39)27-10-7-9-26(17-27)43-22-25(36)19-33-24-18-32(44-21-24)12-14-35(15-13-32)46(40,41)28-16-23-8-5-6-11-29(23)34-20-28/h5-11,16-17,20,24-25,33,36H,4,12-15,18-19,21-22H2,1-3H3/t24-,25?/m1/s1. The molecule has 2 aromatic carbocycles. The number of aliphatic hydroxyl groups is 1. The van der Waals surface area contributed by atoms with Crippen LogP contribution in [-0.2, 0) is 34.1 Å². The van der Waals surface area contributed by atoms with Crippen molar-refractivity contribution in [3.63, 3.8) is 0 Å². The Morgan fingerprint density at radius 2 is 1.85 bits per heavy atom. The maximum Gasteiger partial charge on any atom is 0.327 e. The second-order valence-corrected chi connectivity index (χ2v) is 16.7. The van der Waals surface area contributed by atoms with E-state index in [9.17, 15) is 26.7 Å². The Morgan fingerprint density at radius 1 is 1.11 bits per heavy atom. The fourth-order valence-electron chi connectivity index (χ4n) is 5.79. The van der Waals surface area contributed by atoms with Crippen molar-refractivity contribution >= 4 is 36.7 Å². The number of esters is 1. The number of piperidine rings is 1. The summed E-state index contributed by atoms with van der Waals surface area (Å²) in [5, 5.41) is 14.7. The van der Waals surface area contributed by atoms with Gasteiger partial charge >= 0.3 is 5.97 Å². The van der Waals surface area contributed by atoms with Gasteiger partial charge in [-0.25, -0.2) is 16.8 Å². The van der Waals surface area contributed by atoms with E-state index in [-0.39, 0.29) is 41.3 Å². The van der Waals surface area contributed by atoms with Crippen LogP contribution in [0.1, 0.15) is 40.0 Å². The number of benzene rings is 2. The highest BCUT2D eigenvalue weighted by atomic mass is 32.2. The number of hydrogen-bond acceptors (Lipinski definition) is 11. The largest absolute Gasteiger partial charge is 0.491 e. The van der Waals surface area contributed by atoms with Gasteiger partial charge in [0.15, 0.2) is 14.6 Å². The molecule has 2 aliphatic rings. The number of hydrogen-bond donors (Lipinski definition) is 2. The van der Waals surface area contributed by atoms with Crippen molar-refractivity contribution in [1.82, 2.24) is 14.6 Å². The molecular weight excluding hydrogens is 634 g/mol. The second kappa shape index (κ2) is 13.5. The van der Waals surface area contributed by atoms with Gasteiger partial charge in [-0.2, -0.15) is 4.31 Å². The van der Waals surface area contributed by atoms with Crippen LogP contribution in [0.15, 0.2) is 70.6 Å². The fourth-order valence-corrected chi connectivity index (χ4v) is 8.61. The molecule has 3 heterocycles. The van der Waals surface area contributed by atoms with Crippen LogP contribution < -0.4 is 10.1 Å². The van der Waals surface area contributed by atoms with Gasteiger partial charge < -0.3 is 24.6 Å². The minimum atomic E-state index is -4.07. The summed E-state index contributed by atoms with van der Waals surface area (Å²) in [5.74, 6) is -0.598. The van der Waals surface area contributed by atoms with Crippen LogP contribution in [0.3, 0.4) is 0 Å². The van der Waals surface area contributed by atoms with E-state index < -0.39 is 42.3 Å². The number of sulfonamides is 1. The van der Waals surface area contributed by atoms with Gasteiger partial charge in [-0.1, -0.05) is 24.3 Å². The van der Waals surface area contributed by atoms with Gasteiger partial charge in [0.2, 0.25) is 10.0 Å². The Labute approximate surface area is 270 Å². The molecular formula is C32H41N3O9S2. The molecule has 2 atom stereocenters. The molecule has 0 aliphatic carbocycles. The van der Waals surface area contributed by atoms with Crippen molar-refractivity contribution < 1.29 is 40.9 Å². The summed E-state index contributed by atoms with van der Waals surface area (Å²) in [4.78, 5) is 16.7. The maximum atomic E-state index is 13.3. The number of ether oxygens (including phenoxy) is 3. The number of aromatic nitrogens is 1. The molecule has 14 heteroatoms. The van der Waals surface area contributed by atoms with Crippen LogP contribution in [-0.4, -0.2) is 99.1 Å². The maximum absolute atomic E-state index is 13.3. The lowest BCUT2D eigenvalue weighted by molar-refractivity contribution is -0.145. The molecule has 2 fully saturated rings. The number of pyridine rings is 1. The van der Waals surface area contributed by atoms with Crippen molar-refractivity contribution in [3.8, 4) is 5.75 Å². The summed E-state index contributed by atoms with van der Waals surface area (Å²) in [6.45, 7) is 5.51. The predicted octanol–water partition coefficient (Wildman–Crippen LogP) is 2.69. The SMILES string of the molecule is CCOC(=O)C(C)(C)S(=O)(=O)c1cccc(OCC(O)CN[C@H]2COC3(CCN(S(=O)(=O)c4cnc5ccccc5c4)CC3)C2)c1. The molecule has 5 rings (SSSR count). The second-order valence-electron chi connectivity index (χ2n) is 12.2. The Balaban J connectivity index is 1.09. The first-order valence-corrected chi connectivity index (χ1v) is 18.2. The van der Waals surface area contributed by atoms with Gasteiger partial charge in [0.05, 0.1) is 29.2 Å². The van der Waals surface area contributed by atoms with E-state index in [0.29, 0.717) is 39.0 Å². The average molecular weight is 676 g/mol. The molecule has 0 radical (unpaired) electrons. The zero-order valence-electron chi connectivity index (χ0n) is 26.2. The molecule has 1 spiro atoms. The highest BCUT2D eigenvalue weighted by Crippen LogP contribution is 2.37. The van der Waals surface area contributed by atoms with Crippen LogP contribution in [0.4, 0.5) is 0 Å². The average Bonchev–Trinajstić information content (AvgIpc) is 3.44. The third-order valence-corrected chi connectivity index (χ3v) is 12.9. The van der Waals surface area contributed by atoms with E-state index in [1.54, 1.807) is 19.1 Å². The van der Waals surface area contributed by atoms with E-state index >= 15 is 0 Å². The van der Waals surface area contributed by atoms with E-state index in [1.165, 1.54) is 42.5 Å². The minimum Gasteiger partial charge on any atom is -0.491 e. The fraction of sp³-hybridized carbons (Fsp3) is 0.500. The van der Waals surface area contributed by atoms with E-state index in [4.69, 9.17) is 14.2 Å². The Morgan fingerprint density at radius 3 is 2.59 bits per heavy atom. The number of nitrogens with one attached hydrogen (secondary N) is 1. The summed E-state index contributed by atoms with van der Waals surface area (Å²) >= 11 is 0. The Bertz CT molecular complexity index is 1770. The zero-order chi connectivity index (χ0) is 33.2. The molecule has 2 aliphatic heterocycles. The first kappa shape index (κ1) is 34.2. The van der Waals surface area contributed by atoms with Gasteiger partial charge in [-0.05, 0) is 70.4 Å². The van der Waals surface area contributed by atoms with E-state index in [1.807, 2.05) is 24.3 Å². The number of fused-ring (bicyclic) bond motifs is 1. The zero-order valence-corrected chi connectivity index (χ0v) is 27.8. The summed E-state index contributed by atoms with van der Waals surface area (Å²) in [5.41, 5.74) is 0.306. The highest BCUT2D eigenvalue weighted by molar-refractivity contribution is 7.93. The molecule has 0 saturated carbocycles. The van der Waals surface area contributed by atoms with Crippen LogP contribution in [0, 0.1) is 0 Å². The Hall–Kier alpha value is -3.14. The molecule has 12 nitrogen and oxygen atoms in total. The third-order valence-electron chi connectivity index (χ3n) is 8.69. The van der Waals surface area contributed by atoms with Gasteiger partial charge in [-0.15, -0.1) is 0 Å². The number of sulfone groups is 1. The molecule has 0 bridgehead atoms. The normalized spacial score (nSPS) is 19.7. The molecule has 250 valence electrons. The predicted molar refractivity (Wildman–Crippen MR) is 171 cm³/mol. The molecule has 2 N–H and O–H groups in total. The van der Waals surface area contributed by atoms with Gasteiger partial charge in [0.1, 0.15) is 23.4 Å². The third kappa shape index (κ3) is 7.06. The van der Waals surface area contributed by atoms with Crippen molar-refractivity contribution in [2.24, 2.45) is 0 Å². The van der Waals surface area contributed by atoms with Crippen molar-refractivity contribution in [1.29, 1.82) is 0 Å². The topological polar surface area (TPSA) is 161 Å². The van der Waals surface area contributed by atoms with Crippen LogP contribution in [0.25, 0.3) is 10.9 Å². The quantitative estimate of drug-likeness (QED) is 0.272. The summed E-state index contributed by atoms with van der Waals surface area (Å²) in [6.07, 6.45) is 2.32. The molecule has 3 aromatic rings. The number of carbonyl (C=O) groups excluding carboxylic acids is 1. The summed E-state index contributed by atoms with van der Waals surface area (Å²) < 4.78 is 69.5. The van der Waals surface area contributed by atoms with E-state index in [2.05, 4.69) is 10.3 Å². The van der Waals surface area contributed by atoms with E-state index in [0.717, 1.165) is 10.9 Å². The molecule has 1 unspecified atom stereocenters. The molecule has 0 amide bonds. The monoisotopic (exact) mass is 675 g/mol. The van der Waals surface area contributed by atoms with Gasteiger partial charge in [0.25, 0.3) is 0 Å². The summed E-state index contributed by atoms with van der Waals surface area (Å²) in [6, 6.07) is 14.8. The lowest BCUT2D eigenvalue weighted by Gasteiger charge is -2.38. The number of carbonyl (C=O) groups is 1. The Kier molecular flexibility index (Phi) is 10.1. The molecule has 1 aromatic heterocycles. The number of aliphatic hydroxyl groups excluding tert-OH is 1. The van der Waals surface area contributed by atoms with Crippen LogP contribution >= 0.6 is 0 Å². The van der Waals surface area contributed by atoms with Crippen molar-refractivity contribution in [3.05, 3.63) is 60.8 Å². The lowest BCUT2D eigenvalue weighted by atomic mass is 9.88. The number of para-hydroxylation sites is 1. The first-order chi connectivity index (χ1) is 21.8. The minimum absolute atomic E-state index is 0.0268. The van der Waals surface area contributed by atoms with Crippen molar-refractivity contribution in [2.45, 2.75) is 72.3 Å². The van der Waals surface area contributed by atoms with Crippen LogP contribution in [0.5, 0.6) is 5.75 Å². The first-order valence-electron chi connectivity index (χ1n) is 15.3. The van der Waals surface area contributed by atoms with Gasteiger partial charge in [0, 0.05) is 37.3 Å². The number of rotatable bonds is 12. The summed E-state index contributed by atoms with van der Waals surface area (Å²) in [7, 11) is -7.76. The number of nitrogens with zero attached hydrogens (tertiary/aromatic N) is 2.